The van der Waals surface area contributed by atoms with Gasteiger partial charge in [-0.2, -0.15) is 0 Å². The maximum absolute atomic E-state index is 12.1. The van der Waals surface area contributed by atoms with Crippen LogP contribution in [0.25, 0.3) is 0 Å². The number of hydrogen-bond acceptors (Lipinski definition) is 5. The van der Waals surface area contributed by atoms with Gasteiger partial charge in [-0.05, 0) is 23.8 Å². The summed E-state index contributed by atoms with van der Waals surface area (Å²) in [4.78, 5) is 1.80. The number of benzene rings is 2. The van der Waals surface area contributed by atoms with Crippen molar-refractivity contribution in [2.24, 2.45) is 0 Å². The third-order valence-electron chi connectivity index (χ3n) is 3.43. The number of sulfone groups is 2. The fraction of sp³-hybridized carbons (Fsp3) is 0.250. The van der Waals surface area contributed by atoms with E-state index >= 15 is 0 Å². The third kappa shape index (κ3) is 4.33. The molecule has 0 unspecified atom stereocenters. The van der Waals surface area contributed by atoms with Gasteiger partial charge in [0.05, 0.1) is 15.5 Å². The first kappa shape index (κ1) is 17.5. The van der Waals surface area contributed by atoms with Gasteiger partial charge in [0.25, 0.3) is 0 Å². The molecular formula is C16H19NO4S2. The minimum atomic E-state index is -3.56. The molecule has 7 heteroatoms. The molecule has 0 aliphatic rings. The molecule has 0 aromatic heterocycles. The van der Waals surface area contributed by atoms with Crippen LogP contribution in [0, 0.1) is 0 Å². The molecular weight excluding hydrogens is 334 g/mol. The van der Waals surface area contributed by atoms with Gasteiger partial charge in [-0.15, -0.1) is 0 Å². The van der Waals surface area contributed by atoms with Crippen molar-refractivity contribution in [1.82, 2.24) is 0 Å². The van der Waals surface area contributed by atoms with Crippen LogP contribution in [0.15, 0.2) is 58.3 Å². The minimum absolute atomic E-state index is 0.00483. The van der Waals surface area contributed by atoms with Gasteiger partial charge in [-0.25, -0.2) is 16.8 Å². The topological polar surface area (TPSA) is 71.5 Å². The summed E-state index contributed by atoms with van der Waals surface area (Å²) in [5.41, 5.74) is 1.50. The maximum atomic E-state index is 12.1. The highest BCUT2D eigenvalue weighted by molar-refractivity contribution is 7.91. The van der Waals surface area contributed by atoms with Crippen LogP contribution in [-0.4, -0.2) is 36.4 Å². The van der Waals surface area contributed by atoms with Crippen LogP contribution in [0.3, 0.4) is 0 Å². The summed E-state index contributed by atoms with van der Waals surface area (Å²) in [5, 5.41) is 0. The zero-order chi connectivity index (χ0) is 17.3. The SMILES string of the molecule is CN(Cc1ccccc1)c1ccc(S(C)(=O)=O)cc1S(C)(=O)=O. The molecule has 2 rings (SSSR count). The molecule has 0 N–H and O–H groups in total. The largest absolute Gasteiger partial charge is 0.369 e. The first-order chi connectivity index (χ1) is 10.6. The molecule has 0 amide bonds. The lowest BCUT2D eigenvalue weighted by atomic mass is 10.2. The molecule has 23 heavy (non-hydrogen) atoms. The van der Waals surface area contributed by atoms with E-state index in [2.05, 4.69) is 0 Å². The second kappa shape index (κ2) is 6.33. The molecule has 0 spiro atoms. The lowest BCUT2D eigenvalue weighted by Gasteiger charge is -2.22. The summed E-state index contributed by atoms with van der Waals surface area (Å²) < 4.78 is 47.5. The van der Waals surface area contributed by atoms with E-state index in [1.165, 1.54) is 18.2 Å². The molecule has 5 nitrogen and oxygen atoms in total. The predicted octanol–water partition coefficient (Wildman–Crippen LogP) is 2.13. The summed E-state index contributed by atoms with van der Waals surface area (Å²) in [5.74, 6) is 0. The van der Waals surface area contributed by atoms with Gasteiger partial charge in [-0.3, -0.25) is 0 Å². The Kier molecular flexibility index (Phi) is 4.81. The van der Waals surface area contributed by atoms with Crippen molar-refractivity contribution >= 4 is 25.4 Å². The monoisotopic (exact) mass is 353 g/mol. The van der Waals surface area contributed by atoms with E-state index < -0.39 is 19.7 Å². The van der Waals surface area contributed by atoms with Crippen molar-refractivity contribution < 1.29 is 16.8 Å². The summed E-state index contributed by atoms with van der Waals surface area (Å²) in [7, 11) is -5.25. The lowest BCUT2D eigenvalue weighted by molar-refractivity contribution is 0.600. The molecule has 0 heterocycles. The van der Waals surface area contributed by atoms with Crippen molar-refractivity contribution in [1.29, 1.82) is 0 Å². The molecule has 2 aromatic rings. The molecule has 124 valence electrons. The number of hydrogen-bond donors (Lipinski definition) is 0. The van der Waals surface area contributed by atoms with E-state index in [0.717, 1.165) is 18.1 Å². The Hall–Kier alpha value is -1.86. The van der Waals surface area contributed by atoms with Crippen molar-refractivity contribution in [3.05, 3.63) is 54.1 Å². The Bertz CT molecular complexity index is 904. The summed E-state index contributed by atoms with van der Waals surface area (Å²) in [6, 6.07) is 13.8. The van der Waals surface area contributed by atoms with E-state index in [0.29, 0.717) is 12.2 Å². The summed E-state index contributed by atoms with van der Waals surface area (Å²) in [6.45, 7) is 0.515. The standard InChI is InChI=1S/C16H19NO4S2/c1-17(12-13-7-5-4-6-8-13)15-10-9-14(22(2,18)19)11-16(15)23(3,20)21/h4-11H,12H2,1-3H3. The first-order valence-electron chi connectivity index (χ1n) is 6.88. The zero-order valence-corrected chi connectivity index (χ0v) is 14.9. The number of nitrogens with zero attached hydrogens (tertiary/aromatic N) is 1. The van der Waals surface area contributed by atoms with E-state index in [1.807, 2.05) is 30.3 Å². The smallest absolute Gasteiger partial charge is 0.177 e. The second-order valence-corrected chi connectivity index (χ2v) is 9.52. The maximum Gasteiger partial charge on any atom is 0.177 e. The normalized spacial score (nSPS) is 12.1. The van der Waals surface area contributed by atoms with Crippen LogP contribution in [0.2, 0.25) is 0 Å². The van der Waals surface area contributed by atoms with Gasteiger partial charge < -0.3 is 4.90 Å². The van der Waals surface area contributed by atoms with E-state index in [9.17, 15) is 16.8 Å². The van der Waals surface area contributed by atoms with Crippen molar-refractivity contribution in [2.75, 3.05) is 24.5 Å². The Balaban J connectivity index is 2.49. The molecule has 0 bridgehead atoms. The molecule has 0 fully saturated rings. The summed E-state index contributed by atoms with van der Waals surface area (Å²) in [6.07, 6.45) is 2.13. The van der Waals surface area contributed by atoms with Crippen LogP contribution in [-0.2, 0) is 26.2 Å². The Morgan fingerprint density at radius 2 is 1.48 bits per heavy atom. The molecule has 0 aliphatic heterocycles. The van der Waals surface area contributed by atoms with Crippen LogP contribution >= 0.6 is 0 Å². The molecule has 0 saturated carbocycles. The highest BCUT2D eigenvalue weighted by Gasteiger charge is 2.20. The van der Waals surface area contributed by atoms with Crippen LogP contribution < -0.4 is 4.90 Å². The van der Waals surface area contributed by atoms with Gasteiger partial charge in [0.15, 0.2) is 19.7 Å². The van der Waals surface area contributed by atoms with Gasteiger partial charge >= 0.3 is 0 Å². The Labute approximate surface area is 137 Å². The zero-order valence-electron chi connectivity index (χ0n) is 13.2. The average molecular weight is 353 g/mol. The predicted molar refractivity (Wildman–Crippen MR) is 91.2 cm³/mol. The molecule has 2 aromatic carbocycles. The van der Waals surface area contributed by atoms with Crippen molar-refractivity contribution in [3.8, 4) is 0 Å². The van der Waals surface area contributed by atoms with E-state index in [1.54, 1.807) is 11.9 Å². The summed E-state index contributed by atoms with van der Waals surface area (Å²) >= 11 is 0. The molecule has 0 aliphatic carbocycles. The molecule has 0 atom stereocenters. The quantitative estimate of drug-likeness (QED) is 0.823. The van der Waals surface area contributed by atoms with Crippen LogP contribution in [0.5, 0.6) is 0 Å². The van der Waals surface area contributed by atoms with Gasteiger partial charge in [0.2, 0.25) is 0 Å². The third-order valence-corrected chi connectivity index (χ3v) is 5.67. The van der Waals surface area contributed by atoms with Crippen molar-refractivity contribution in [2.45, 2.75) is 16.3 Å². The Morgan fingerprint density at radius 1 is 0.870 bits per heavy atom. The minimum Gasteiger partial charge on any atom is -0.369 e. The lowest BCUT2D eigenvalue weighted by Crippen LogP contribution is -2.19. The van der Waals surface area contributed by atoms with E-state index in [-0.39, 0.29) is 9.79 Å². The average Bonchev–Trinajstić information content (AvgIpc) is 2.46. The number of anilines is 1. The fourth-order valence-corrected chi connectivity index (χ4v) is 3.95. The molecule has 0 radical (unpaired) electrons. The highest BCUT2D eigenvalue weighted by atomic mass is 32.2. The van der Waals surface area contributed by atoms with Crippen LogP contribution in [0.1, 0.15) is 5.56 Å². The number of rotatable bonds is 5. The van der Waals surface area contributed by atoms with Gasteiger partial charge in [0.1, 0.15) is 0 Å². The Morgan fingerprint density at radius 3 is 2.00 bits per heavy atom. The van der Waals surface area contributed by atoms with Crippen molar-refractivity contribution in [3.63, 3.8) is 0 Å². The first-order valence-corrected chi connectivity index (χ1v) is 10.7. The molecule has 0 saturated heterocycles. The van der Waals surface area contributed by atoms with E-state index in [4.69, 9.17) is 0 Å². The second-order valence-electron chi connectivity index (χ2n) is 5.52. The highest BCUT2D eigenvalue weighted by Crippen LogP contribution is 2.28. The van der Waals surface area contributed by atoms with Gasteiger partial charge in [0, 0.05) is 26.1 Å². The fourth-order valence-electron chi connectivity index (χ4n) is 2.28. The van der Waals surface area contributed by atoms with Crippen LogP contribution in [0.4, 0.5) is 5.69 Å². The van der Waals surface area contributed by atoms with Gasteiger partial charge in [-0.1, -0.05) is 30.3 Å².